The van der Waals surface area contributed by atoms with Gasteiger partial charge in [0.05, 0.1) is 14.2 Å². The summed E-state index contributed by atoms with van der Waals surface area (Å²) < 4.78 is 50.5. The molecule has 2 rings (SSSR count). The van der Waals surface area contributed by atoms with Gasteiger partial charge in [-0.2, -0.15) is 13.2 Å². The lowest BCUT2D eigenvalue weighted by Gasteiger charge is -2.25. The van der Waals surface area contributed by atoms with Gasteiger partial charge < -0.3 is 14.8 Å². The molecule has 130 valence electrons. The zero-order chi connectivity index (χ0) is 17.0. The fourth-order valence-electron chi connectivity index (χ4n) is 2.62. The van der Waals surface area contributed by atoms with Gasteiger partial charge >= 0.3 is 6.18 Å². The van der Waals surface area contributed by atoms with Gasteiger partial charge in [-0.15, -0.1) is 0 Å². The molecule has 1 aliphatic heterocycles. The van der Waals surface area contributed by atoms with Crippen LogP contribution in [0.1, 0.15) is 18.5 Å². The molecule has 0 amide bonds. The highest BCUT2D eigenvalue weighted by Gasteiger charge is 2.41. The molecular weight excluding hydrogens is 311 g/mol. The van der Waals surface area contributed by atoms with Crippen LogP contribution in [0.5, 0.6) is 11.5 Å². The highest BCUT2D eigenvalue weighted by atomic mass is 19.4. The van der Waals surface area contributed by atoms with Crippen molar-refractivity contribution in [2.45, 2.75) is 25.2 Å². The molecule has 1 saturated heterocycles. The second kappa shape index (κ2) is 7.37. The van der Waals surface area contributed by atoms with Crippen LogP contribution in [0.25, 0.3) is 0 Å². The van der Waals surface area contributed by atoms with Gasteiger partial charge in [0.1, 0.15) is 6.04 Å². The Labute approximate surface area is 133 Å². The number of ether oxygens (including phenoxy) is 2. The van der Waals surface area contributed by atoms with Crippen molar-refractivity contribution >= 4 is 0 Å². The molecule has 8 heteroatoms. The number of hydrazine groups is 1. The van der Waals surface area contributed by atoms with Gasteiger partial charge in [-0.1, -0.05) is 6.07 Å². The summed E-state index contributed by atoms with van der Waals surface area (Å²) in [6, 6.07) is 2.60. The molecule has 0 bridgehead atoms. The minimum Gasteiger partial charge on any atom is -0.493 e. The molecule has 1 aromatic rings. The van der Waals surface area contributed by atoms with E-state index in [4.69, 9.17) is 9.47 Å². The summed E-state index contributed by atoms with van der Waals surface area (Å²) in [7, 11) is 2.84. The summed E-state index contributed by atoms with van der Waals surface area (Å²) in [6.45, 7) is 2.82. The molecule has 0 aliphatic carbocycles. The van der Waals surface area contributed by atoms with E-state index in [1.165, 1.54) is 32.4 Å². The van der Waals surface area contributed by atoms with Gasteiger partial charge in [-0.25, -0.2) is 0 Å². The van der Waals surface area contributed by atoms with Crippen molar-refractivity contribution in [1.82, 2.24) is 16.2 Å². The van der Waals surface area contributed by atoms with Crippen LogP contribution in [0.2, 0.25) is 0 Å². The lowest BCUT2D eigenvalue weighted by molar-refractivity contribution is -0.158. The number of nitrogens with one attached hydrogen (secondary N) is 3. The number of hydrogen-bond donors (Lipinski definition) is 3. The lowest BCUT2D eigenvalue weighted by Crippen LogP contribution is -2.39. The predicted octanol–water partition coefficient (Wildman–Crippen LogP) is 2.01. The third kappa shape index (κ3) is 4.27. The summed E-state index contributed by atoms with van der Waals surface area (Å²) in [5.74, 6) is 0.758. The second-order valence-corrected chi connectivity index (χ2v) is 5.57. The number of halogens is 3. The molecule has 1 heterocycles. The van der Waals surface area contributed by atoms with E-state index in [-0.39, 0.29) is 29.8 Å². The standard InChI is InChI=1S/C15H22F3N3O2/c1-9-11(8-20-21-9)7-19-14(15(16,17)18)10-4-5-12(22-2)13(6-10)23-3/h4-6,9,11,14,19-21H,7-8H2,1-3H3. The van der Waals surface area contributed by atoms with Gasteiger partial charge in [-0.05, 0) is 24.6 Å². The average Bonchev–Trinajstić information content (AvgIpc) is 2.91. The molecule has 3 atom stereocenters. The van der Waals surface area contributed by atoms with Crippen molar-refractivity contribution in [3.05, 3.63) is 23.8 Å². The van der Waals surface area contributed by atoms with Crippen LogP contribution in [0.3, 0.4) is 0 Å². The summed E-state index contributed by atoms with van der Waals surface area (Å²) in [6.07, 6.45) is -4.40. The number of alkyl halides is 3. The summed E-state index contributed by atoms with van der Waals surface area (Å²) >= 11 is 0. The van der Waals surface area contributed by atoms with Crippen molar-refractivity contribution in [3.8, 4) is 11.5 Å². The Kier molecular flexibility index (Phi) is 5.72. The first-order chi connectivity index (χ1) is 10.9. The monoisotopic (exact) mass is 333 g/mol. The van der Waals surface area contributed by atoms with Crippen molar-refractivity contribution < 1.29 is 22.6 Å². The zero-order valence-corrected chi connectivity index (χ0v) is 13.3. The minimum atomic E-state index is -4.40. The molecule has 1 aliphatic rings. The van der Waals surface area contributed by atoms with Crippen molar-refractivity contribution in [3.63, 3.8) is 0 Å². The van der Waals surface area contributed by atoms with E-state index >= 15 is 0 Å². The fourth-order valence-corrected chi connectivity index (χ4v) is 2.62. The quantitative estimate of drug-likeness (QED) is 0.744. The minimum absolute atomic E-state index is 0.0833. The van der Waals surface area contributed by atoms with Crippen LogP contribution in [0.4, 0.5) is 13.2 Å². The number of benzene rings is 1. The third-order valence-electron chi connectivity index (χ3n) is 4.05. The summed E-state index contributed by atoms with van der Waals surface area (Å²) in [5, 5.41) is 2.64. The van der Waals surface area contributed by atoms with Crippen molar-refractivity contribution in [2.24, 2.45) is 5.92 Å². The van der Waals surface area contributed by atoms with E-state index < -0.39 is 12.2 Å². The average molecular weight is 333 g/mol. The maximum atomic E-state index is 13.4. The van der Waals surface area contributed by atoms with Crippen LogP contribution in [0, 0.1) is 5.92 Å². The van der Waals surface area contributed by atoms with Gasteiger partial charge in [0, 0.05) is 25.0 Å². The Morgan fingerprint density at radius 3 is 2.48 bits per heavy atom. The van der Waals surface area contributed by atoms with E-state index in [1.807, 2.05) is 6.92 Å². The van der Waals surface area contributed by atoms with E-state index in [9.17, 15) is 13.2 Å². The predicted molar refractivity (Wildman–Crippen MR) is 80.4 cm³/mol. The summed E-state index contributed by atoms with van der Waals surface area (Å²) in [5.41, 5.74) is 6.05. The molecule has 1 aromatic carbocycles. The fraction of sp³-hybridized carbons (Fsp3) is 0.600. The van der Waals surface area contributed by atoms with Crippen LogP contribution in [-0.2, 0) is 0 Å². The molecular formula is C15H22F3N3O2. The molecule has 23 heavy (non-hydrogen) atoms. The Morgan fingerprint density at radius 1 is 1.26 bits per heavy atom. The Balaban J connectivity index is 2.18. The van der Waals surface area contributed by atoms with Crippen molar-refractivity contribution in [2.75, 3.05) is 27.3 Å². The Hall–Kier alpha value is -1.51. The van der Waals surface area contributed by atoms with Crippen LogP contribution >= 0.6 is 0 Å². The van der Waals surface area contributed by atoms with Crippen LogP contribution in [-0.4, -0.2) is 39.5 Å². The van der Waals surface area contributed by atoms with Gasteiger partial charge in [0.2, 0.25) is 0 Å². The lowest BCUT2D eigenvalue weighted by atomic mass is 10.0. The maximum Gasteiger partial charge on any atom is 0.407 e. The highest BCUT2D eigenvalue weighted by Crippen LogP contribution is 2.37. The first kappa shape index (κ1) is 17.8. The van der Waals surface area contributed by atoms with E-state index in [2.05, 4.69) is 16.2 Å². The molecule has 0 spiro atoms. The first-order valence-corrected chi connectivity index (χ1v) is 7.37. The largest absolute Gasteiger partial charge is 0.493 e. The molecule has 5 nitrogen and oxygen atoms in total. The van der Waals surface area contributed by atoms with Crippen LogP contribution in [0.15, 0.2) is 18.2 Å². The Morgan fingerprint density at radius 2 is 1.96 bits per heavy atom. The first-order valence-electron chi connectivity index (χ1n) is 7.37. The molecule has 1 fully saturated rings. The molecule has 0 saturated carbocycles. The number of methoxy groups -OCH3 is 2. The van der Waals surface area contributed by atoms with E-state index in [1.54, 1.807) is 0 Å². The number of hydrogen-bond acceptors (Lipinski definition) is 5. The number of rotatable bonds is 6. The normalized spacial score (nSPS) is 22.9. The Bertz CT molecular complexity index is 525. The van der Waals surface area contributed by atoms with Gasteiger partial charge in [-0.3, -0.25) is 10.9 Å². The topological polar surface area (TPSA) is 54.5 Å². The maximum absolute atomic E-state index is 13.4. The summed E-state index contributed by atoms with van der Waals surface area (Å²) in [4.78, 5) is 0. The van der Waals surface area contributed by atoms with Gasteiger partial charge in [0.15, 0.2) is 11.5 Å². The highest BCUT2D eigenvalue weighted by molar-refractivity contribution is 5.44. The van der Waals surface area contributed by atoms with E-state index in [0.717, 1.165) is 0 Å². The SMILES string of the molecule is COc1ccc(C(NCC2CNNC2C)C(F)(F)F)cc1OC. The van der Waals surface area contributed by atoms with Gasteiger partial charge in [0.25, 0.3) is 0 Å². The zero-order valence-electron chi connectivity index (χ0n) is 13.3. The third-order valence-corrected chi connectivity index (χ3v) is 4.05. The second-order valence-electron chi connectivity index (χ2n) is 5.57. The van der Waals surface area contributed by atoms with E-state index in [0.29, 0.717) is 12.3 Å². The molecule has 3 N–H and O–H groups in total. The smallest absolute Gasteiger partial charge is 0.407 e. The molecule has 0 radical (unpaired) electrons. The van der Waals surface area contributed by atoms with Crippen molar-refractivity contribution in [1.29, 1.82) is 0 Å². The van der Waals surface area contributed by atoms with Crippen LogP contribution < -0.4 is 25.6 Å². The molecule has 3 unspecified atom stereocenters. The molecule has 0 aromatic heterocycles.